The van der Waals surface area contributed by atoms with Gasteiger partial charge in [-0.05, 0) is 44.9 Å². The van der Waals surface area contributed by atoms with E-state index in [1.807, 2.05) is 19.2 Å². The summed E-state index contributed by atoms with van der Waals surface area (Å²) in [4.78, 5) is 0. The molecule has 2 heteroatoms. The van der Waals surface area contributed by atoms with Gasteiger partial charge in [0.15, 0.2) is 0 Å². The van der Waals surface area contributed by atoms with Crippen LogP contribution in [0.3, 0.4) is 0 Å². The number of hydrogen-bond donors (Lipinski definition) is 1. The summed E-state index contributed by atoms with van der Waals surface area (Å²) in [6, 6.07) is 7.52. The van der Waals surface area contributed by atoms with Gasteiger partial charge in [-0.15, -0.1) is 0 Å². The van der Waals surface area contributed by atoms with E-state index >= 15 is 0 Å². The first-order valence-electron chi connectivity index (χ1n) is 5.14. The van der Waals surface area contributed by atoms with E-state index in [4.69, 9.17) is 0 Å². The van der Waals surface area contributed by atoms with Gasteiger partial charge in [-0.2, -0.15) is 0 Å². The molecule has 0 spiro atoms. The zero-order valence-electron chi connectivity index (χ0n) is 8.89. The van der Waals surface area contributed by atoms with Crippen LogP contribution >= 0.6 is 0 Å². The van der Waals surface area contributed by atoms with E-state index in [0.29, 0.717) is 6.04 Å². The van der Waals surface area contributed by atoms with Crippen molar-refractivity contribution in [2.75, 3.05) is 7.05 Å². The number of nitrogens with one attached hydrogen (secondary N) is 1. The van der Waals surface area contributed by atoms with Crippen LogP contribution in [-0.2, 0) is 6.42 Å². The molecule has 0 aliphatic heterocycles. The lowest BCUT2D eigenvalue weighted by Gasteiger charge is -2.09. The Morgan fingerprint density at radius 1 is 1.36 bits per heavy atom. The van der Waals surface area contributed by atoms with Gasteiger partial charge in [-0.25, -0.2) is 4.39 Å². The minimum atomic E-state index is -0.0791. The first-order chi connectivity index (χ1) is 6.74. The van der Waals surface area contributed by atoms with Crippen molar-refractivity contribution in [2.24, 2.45) is 0 Å². The molecule has 0 saturated heterocycles. The molecule has 0 bridgehead atoms. The minimum Gasteiger partial charge on any atom is -0.317 e. The highest BCUT2D eigenvalue weighted by Gasteiger charge is 2.02. The highest BCUT2D eigenvalue weighted by atomic mass is 19.1. The molecule has 0 aliphatic carbocycles. The highest BCUT2D eigenvalue weighted by Crippen LogP contribution is 2.10. The smallest absolute Gasteiger partial charge is 0.126 e. The molecule has 1 N–H and O–H groups in total. The van der Waals surface area contributed by atoms with Crippen LogP contribution in [0, 0.1) is 5.82 Å². The van der Waals surface area contributed by atoms with Crippen LogP contribution in [0.4, 0.5) is 4.39 Å². The van der Waals surface area contributed by atoms with Gasteiger partial charge in [-0.3, -0.25) is 0 Å². The molecular weight excluding hydrogens is 177 g/mol. The van der Waals surface area contributed by atoms with E-state index in [9.17, 15) is 4.39 Å². The van der Waals surface area contributed by atoms with Crippen LogP contribution in [0.15, 0.2) is 24.3 Å². The normalized spacial score (nSPS) is 12.8. The van der Waals surface area contributed by atoms with Crippen molar-refractivity contribution < 1.29 is 4.39 Å². The number of benzene rings is 1. The number of halogens is 1. The van der Waals surface area contributed by atoms with E-state index in [1.54, 1.807) is 6.07 Å². The Labute approximate surface area is 85.3 Å². The summed E-state index contributed by atoms with van der Waals surface area (Å²) in [5.41, 5.74) is 0.829. The zero-order chi connectivity index (χ0) is 10.4. The third-order valence-corrected chi connectivity index (χ3v) is 2.53. The predicted octanol–water partition coefficient (Wildman–Crippen LogP) is 2.76. The van der Waals surface area contributed by atoms with Crippen molar-refractivity contribution in [3.8, 4) is 0 Å². The molecule has 1 rings (SSSR count). The minimum absolute atomic E-state index is 0.0791. The fourth-order valence-corrected chi connectivity index (χ4v) is 1.44. The molecule has 1 aromatic carbocycles. The standard InChI is InChI=1S/C12H18FN/c1-10(14-2)6-5-8-11-7-3-4-9-12(11)13/h3-4,7,9-10,14H,5-6,8H2,1-2H3. The quantitative estimate of drug-likeness (QED) is 0.761. The second kappa shape index (κ2) is 5.76. The summed E-state index contributed by atoms with van der Waals surface area (Å²) >= 11 is 0. The van der Waals surface area contributed by atoms with E-state index in [1.165, 1.54) is 6.07 Å². The number of aryl methyl sites for hydroxylation is 1. The van der Waals surface area contributed by atoms with Gasteiger partial charge in [0.1, 0.15) is 5.82 Å². The molecule has 0 radical (unpaired) electrons. The summed E-state index contributed by atoms with van der Waals surface area (Å²) < 4.78 is 13.2. The average molecular weight is 195 g/mol. The van der Waals surface area contributed by atoms with E-state index in [2.05, 4.69) is 12.2 Å². The molecule has 78 valence electrons. The molecule has 1 atom stereocenters. The molecule has 0 saturated carbocycles. The molecule has 0 aromatic heterocycles. The maximum absolute atomic E-state index is 13.2. The monoisotopic (exact) mass is 195 g/mol. The van der Waals surface area contributed by atoms with Crippen molar-refractivity contribution in [2.45, 2.75) is 32.2 Å². The lowest BCUT2D eigenvalue weighted by atomic mass is 10.1. The lowest BCUT2D eigenvalue weighted by Crippen LogP contribution is -2.20. The van der Waals surface area contributed by atoms with Gasteiger partial charge in [0.2, 0.25) is 0 Å². The van der Waals surface area contributed by atoms with Crippen LogP contribution in [0.25, 0.3) is 0 Å². The van der Waals surface area contributed by atoms with Gasteiger partial charge in [0.05, 0.1) is 0 Å². The topological polar surface area (TPSA) is 12.0 Å². The van der Waals surface area contributed by atoms with Crippen LogP contribution in [-0.4, -0.2) is 13.1 Å². The lowest BCUT2D eigenvalue weighted by molar-refractivity contribution is 0.533. The number of rotatable bonds is 5. The largest absolute Gasteiger partial charge is 0.317 e. The molecule has 14 heavy (non-hydrogen) atoms. The molecule has 0 aliphatic rings. The first-order valence-corrected chi connectivity index (χ1v) is 5.14. The third-order valence-electron chi connectivity index (χ3n) is 2.53. The predicted molar refractivity (Wildman–Crippen MR) is 57.9 cm³/mol. The molecule has 0 heterocycles. The molecule has 0 fully saturated rings. The van der Waals surface area contributed by atoms with Crippen LogP contribution < -0.4 is 5.32 Å². The molecule has 1 unspecified atom stereocenters. The maximum atomic E-state index is 13.2. The second-order valence-corrected chi connectivity index (χ2v) is 3.67. The van der Waals surface area contributed by atoms with Crippen LogP contribution in [0.5, 0.6) is 0 Å². The third kappa shape index (κ3) is 3.46. The summed E-state index contributed by atoms with van der Waals surface area (Å²) in [7, 11) is 1.95. The van der Waals surface area contributed by atoms with Gasteiger partial charge in [0, 0.05) is 6.04 Å². The summed E-state index contributed by atoms with van der Waals surface area (Å²) in [6.45, 7) is 2.14. The zero-order valence-corrected chi connectivity index (χ0v) is 8.89. The van der Waals surface area contributed by atoms with Crippen molar-refractivity contribution in [1.29, 1.82) is 0 Å². The van der Waals surface area contributed by atoms with Gasteiger partial charge >= 0.3 is 0 Å². The molecule has 0 amide bonds. The Hall–Kier alpha value is -0.890. The maximum Gasteiger partial charge on any atom is 0.126 e. The van der Waals surface area contributed by atoms with E-state index < -0.39 is 0 Å². The molecule has 1 nitrogen and oxygen atoms in total. The fraction of sp³-hybridized carbons (Fsp3) is 0.500. The second-order valence-electron chi connectivity index (χ2n) is 3.67. The highest BCUT2D eigenvalue weighted by molar-refractivity contribution is 5.17. The number of hydrogen-bond acceptors (Lipinski definition) is 1. The van der Waals surface area contributed by atoms with Gasteiger partial charge in [-0.1, -0.05) is 18.2 Å². The molecular formula is C12H18FN. The summed E-state index contributed by atoms with van der Waals surface area (Å²) in [6.07, 6.45) is 2.95. The summed E-state index contributed by atoms with van der Waals surface area (Å²) in [5, 5.41) is 3.17. The van der Waals surface area contributed by atoms with Crippen molar-refractivity contribution in [3.05, 3.63) is 35.6 Å². The molecule has 1 aromatic rings. The van der Waals surface area contributed by atoms with Crippen molar-refractivity contribution in [3.63, 3.8) is 0 Å². The van der Waals surface area contributed by atoms with Crippen LogP contribution in [0.1, 0.15) is 25.3 Å². The SMILES string of the molecule is CNC(C)CCCc1ccccc1F. The summed E-state index contributed by atoms with van der Waals surface area (Å²) in [5.74, 6) is -0.0791. The first kappa shape index (κ1) is 11.2. The van der Waals surface area contributed by atoms with Gasteiger partial charge < -0.3 is 5.32 Å². The van der Waals surface area contributed by atoms with Crippen molar-refractivity contribution >= 4 is 0 Å². The Morgan fingerprint density at radius 3 is 2.71 bits per heavy atom. The Kier molecular flexibility index (Phi) is 4.60. The van der Waals surface area contributed by atoms with Crippen LogP contribution in [0.2, 0.25) is 0 Å². The Balaban J connectivity index is 2.35. The van der Waals surface area contributed by atoms with Crippen molar-refractivity contribution in [1.82, 2.24) is 5.32 Å². The average Bonchev–Trinajstić information content (AvgIpc) is 2.20. The van der Waals surface area contributed by atoms with Gasteiger partial charge in [0.25, 0.3) is 0 Å². The van der Waals surface area contributed by atoms with E-state index in [-0.39, 0.29) is 5.82 Å². The Bertz CT molecular complexity index is 273. The fourth-order valence-electron chi connectivity index (χ4n) is 1.44. The van der Waals surface area contributed by atoms with E-state index in [0.717, 1.165) is 24.8 Å². The Morgan fingerprint density at radius 2 is 2.07 bits per heavy atom.